The monoisotopic (exact) mass is 154 g/mol. The Hall–Kier alpha value is -0.790. The summed E-state index contributed by atoms with van der Waals surface area (Å²) in [6.45, 7) is 3.98. The smallest absolute Gasteiger partial charge is 0.331 e. The minimum absolute atomic E-state index is 0.121. The van der Waals surface area contributed by atoms with Gasteiger partial charge in [0.25, 0.3) is 0 Å². The second kappa shape index (κ2) is 2.68. The Morgan fingerprint density at radius 1 is 1.64 bits per heavy atom. The summed E-state index contributed by atoms with van der Waals surface area (Å²) in [7, 11) is 0. The zero-order valence-electron chi connectivity index (χ0n) is 7.05. The molecule has 0 aromatic heterocycles. The Morgan fingerprint density at radius 3 is 2.64 bits per heavy atom. The summed E-state index contributed by atoms with van der Waals surface area (Å²) in [5.41, 5.74) is 0.466. The average molecular weight is 154 g/mol. The van der Waals surface area contributed by atoms with Gasteiger partial charge in [0, 0.05) is 5.57 Å². The number of carboxylic acids is 1. The van der Waals surface area contributed by atoms with E-state index in [1.165, 1.54) is 0 Å². The summed E-state index contributed by atoms with van der Waals surface area (Å²) >= 11 is 0. The van der Waals surface area contributed by atoms with Gasteiger partial charge in [0.05, 0.1) is 0 Å². The molecular formula is C9H14O2. The van der Waals surface area contributed by atoms with Crippen LogP contribution in [0.15, 0.2) is 11.6 Å². The minimum Gasteiger partial charge on any atom is -0.478 e. The third-order valence-corrected chi connectivity index (χ3v) is 2.31. The molecule has 62 valence electrons. The van der Waals surface area contributed by atoms with Crippen molar-refractivity contribution in [2.45, 2.75) is 33.1 Å². The second-order valence-corrected chi connectivity index (χ2v) is 3.70. The van der Waals surface area contributed by atoms with Crippen LogP contribution < -0.4 is 0 Å². The van der Waals surface area contributed by atoms with Gasteiger partial charge in [0.2, 0.25) is 0 Å². The van der Waals surface area contributed by atoms with Gasteiger partial charge in [-0.3, -0.25) is 0 Å². The molecule has 0 aromatic rings. The van der Waals surface area contributed by atoms with Gasteiger partial charge >= 0.3 is 5.97 Å². The zero-order valence-corrected chi connectivity index (χ0v) is 7.05. The van der Waals surface area contributed by atoms with Crippen LogP contribution in [0.3, 0.4) is 0 Å². The number of aliphatic carboxylic acids is 1. The highest BCUT2D eigenvalue weighted by molar-refractivity contribution is 5.88. The molecule has 0 aromatic carbocycles. The highest BCUT2D eigenvalue weighted by atomic mass is 16.4. The topological polar surface area (TPSA) is 37.3 Å². The maximum atomic E-state index is 10.7. The molecule has 0 bridgehead atoms. The van der Waals surface area contributed by atoms with Crippen molar-refractivity contribution >= 4 is 5.97 Å². The summed E-state index contributed by atoms with van der Waals surface area (Å²) in [5, 5.41) is 8.81. The van der Waals surface area contributed by atoms with Crippen molar-refractivity contribution in [3.8, 4) is 0 Å². The molecule has 2 heteroatoms. The predicted molar refractivity (Wildman–Crippen MR) is 43.4 cm³/mol. The van der Waals surface area contributed by atoms with Crippen LogP contribution in [-0.2, 0) is 4.79 Å². The molecule has 11 heavy (non-hydrogen) atoms. The van der Waals surface area contributed by atoms with Crippen LogP contribution in [0.25, 0.3) is 0 Å². The van der Waals surface area contributed by atoms with Crippen LogP contribution in [0.2, 0.25) is 0 Å². The highest BCUT2D eigenvalue weighted by Crippen LogP contribution is 2.36. The lowest BCUT2D eigenvalue weighted by Crippen LogP contribution is -2.23. The van der Waals surface area contributed by atoms with E-state index < -0.39 is 5.97 Å². The number of hydrogen-bond donors (Lipinski definition) is 1. The fraction of sp³-hybridized carbons (Fsp3) is 0.667. The molecule has 1 aliphatic rings. The summed E-state index contributed by atoms with van der Waals surface area (Å²) in [6, 6.07) is 0. The van der Waals surface area contributed by atoms with E-state index in [-0.39, 0.29) is 5.41 Å². The molecule has 0 amide bonds. The molecule has 1 aliphatic carbocycles. The van der Waals surface area contributed by atoms with Gasteiger partial charge in [-0.05, 0) is 24.7 Å². The summed E-state index contributed by atoms with van der Waals surface area (Å²) in [4.78, 5) is 10.7. The minimum atomic E-state index is -0.755. The summed E-state index contributed by atoms with van der Waals surface area (Å²) in [6.07, 6.45) is 4.88. The molecule has 0 saturated heterocycles. The predicted octanol–water partition coefficient (Wildman–Crippen LogP) is 2.21. The van der Waals surface area contributed by atoms with E-state index in [1.54, 1.807) is 0 Å². The van der Waals surface area contributed by atoms with Gasteiger partial charge in [-0.2, -0.15) is 0 Å². The fourth-order valence-corrected chi connectivity index (χ4v) is 1.58. The Kier molecular flexibility index (Phi) is 2.03. The normalized spacial score (nSPS) is 22.5. The quantitative estimate of drug-likeness (QED) is 0.628. The molecule has 1 N–H and O–H groups in total. The lowest BCUT2D eigenvalue weighted by atomic mass is 9.76. The van der Waals surface area contributed by atoms with Gasteiger partial charge in [-0.25, -0.2) is 4.79 Å². The van der Waals surface area contributed by atoms with Crippen molar-refractivity contribution in [3.63, 3.8) is 0 Å². The van der Waals surface area contributed by atoms with Gasteiger partial charge in [0.15, 0.2) is 0 Å². The fourth-order valence-electron chi connectivity index (χ4n) is 1.58. The number of allylic oxidation sites excluding steroid dienone is 1. The van der Waals surface area contributed by atoms with Crippen LogP contribution in [0.4, 0.5) is 0 Å². The van der Waals surface area contributed by atoms with Crippen molar-refractivity contribution < 1.29 is 9.90 Å². The Bertz CT molecular complexity index is 202. The van der Waals surface area contributed by atoms with Crippen molar-refractivity contribution in [1.82, 2.24) is 0 Å². The molecule has 0 unspecified atom stereocenters. The third-order valence-electron chi connectivity index (χ3n) is 2.31. The first-order chi connectivity index (χ1) is 5.04. The first-order valence-electron chi connectivity index (χ1n) is 3.98. The second-order valence-electron chi connectivity index (χ2n) is 3.70. The summed E-state index contributed by atoms with van der Waals surface area (Å²) in [5.74, 6) is -0.755. The lowest BCUT2D eigenvalue weighted by Gasteiger charge is -2.28. The lowest BCUT2D eigenvalue weighted by molar-refractivity contribution is -0.134. The molecular weight excluding hydrogens is 140 g/mol. The van der Waals surface area contributed by atoms with Gasteiger partial charge in [-0.15, -0.1) is 0 Å². The standard InChI is InChI=1S/C9H14O2/c1-9(2)6-4-3-5-7(9)8(10)11/h5H,3-4,6H2,1-2H3,(H,10,11). The first kappa shape index (κ1) is 8.31. The van der Waals surface area contributed by atoms with Crippen LogP contribution in [0.5, 0.6) is 0 Å². The highest BCUT2D eigenvalue weighted by Gasteiger charge is 2.29. The van der Waals surface area contributed by atoms with Crippen LogP contribution in [0.1, 0.15) is 33.1 Å². The third kappa shape index (κ3) is 1.62. The van der Waals surface area contributed by atoms with Crippen LogP contribution >= 0.6 is 0 Å². The van der Waals surface area contributed by atoms with E-state index in [2.05, 4.69) is 0 Å². The molecule has 0 aliphatic heterocycles. The Morgan fingerprint density at radius 2 is 2.27 bits per heavy atom. The molecule has 2 nitrogen and oxygen atoms in total. The summed E-state index contributed by atoms with van der Waals surface area (Å²) < 4.78 is 0. The van der Waals surface area contributed by atoms with Crippen molar-refractivity contribution in [2.24, 2.45) is 5.41 Å². The Balaban J connectivity index is 2.89. The van der Waals surface area contributed by atoms with Crippen molar-refractivity contribution in [3.05, 3.63) is 11.6 Å². The van der Waals surface area contributed by atoms with E-state index in [4.69, 9.17) is 5.11 Å². The van der Waals surface area contributed by atoms with E-state index >= 15 is 0 Å². The average Bonchev–Trinajstić information content (AvgIpc) is 1.85. The molecule has 0 spiro atoms. The number of carboxylic acid groups (broad SMARTS) is 1. The van der Waals surface area contributed by atoms with Crippen LogP contribution in [-0.4, -0.2) is 11.1 Å². The first-order valence-corrected chi connectivity index (χ1v) is 3.98. The molecule has 0 radical (unpaired) electrons. The zero-order chi connectivity index (χ0) is 8.48. The van der Waals surface area contributed by atoms with E-state index in [1.807, 2.05) is 19.9 Å². The number of rotatable bonds is 1. The number of carbonyl (C=O) groups is 1. The van der Waals surface area contributed by atoms with Gasteiger partial charge < -0.3 is 5.11 Å². The maximum absolute atomic E-state index is 10.7. The van der Waals surface area contributed by atoms with Crippen LogP contribution in [0, 0.1) is 5.41 Å². The van der Waals surface area contributed by atoms with Gasteiger partial charge in [0.1, 0.15) is 0 Å². The van der Waals surface area contributed by atoms with Crippen molar-refractivity contribution in [2.75, 3.05) is 0 Å². The largest absolute Gasteiger partial charge is 0.478 e. The number of hydrogen-bond acceptors (Lipinski definition) is 1. The van der Waals surface area contributed by atoms with E-state index in [0.29, 0.717) is 5.57 Å². The SMILES string of the molecule is CC1(C)CCCC=C1C(=O)O. The maximum Gasteiger partial charge on any atom is 0.331 e. The van der Waals surface area contributed by atoms with E-state index in [0.717, 1.165) is 19.3 Å². The van der Waals surface area contributed by atoms with Crippen molar-refractivity contribution in [1.29, 1.82) is 0 Å². The van der Waals surface area contributed by atoms with Gasteiger partial charge in [-0.1, -0.05) is 19.9 Å². The molecule has 0 atom stereocenters. The molecule has 1 rings (SSSR count). The molecule has 0 saturated carbocycles. The molecule has 0 fully saturated rings. The van der Waals surface area contributed by atoms with E-state index in [9.17, 15) is 4.79 Å². The molecule has 0 heterocycles. The Labute approximate surface area is 66.9 Å².